The number of nitrogens with one attached hydrogen (secondary N) is 19. The Balaban J connectivity index is 1.29. The quantitative estimate of drug-likeness (QED) is 0.00747. The van der Waals surface area contributed by atoms with Crippen molar-refractivity contribution in [3.05, 3.63) is 132 Å². The summed E-state index contributed by atoms with van der Waals surface area (Å²) in [4.78, 5) is 258. The van der Waals surface area contributed by atoms with Gasteiger partial charge in [-0.05, 0) is 148 Å². The number of para-hydroxylation sites is 2. The van der Waals surface area contributed by atoms with E-state index in [0.717, 1.165) is 6.92 Å². The number of aliphatic hydroxyl groups excluding tert-OH is 1. The van der Waals surface area contributed by atoms with Crippen LogP contribution in [0.15, 0.2) is 109 Å². The SMILES string of the molecule is CSCC[C@H](NC(=O)[C@H](C)NC(=O)[C@H](CS)NC(C)=O)C(=O)N[C@H](C(=O)N[C@@H](Cc1c[nH]c2ccccc12)C(=O)N[C@@H](CCC(N)=O)C(=O)N[C@@H](CC(=O)O)C(=O)N[C@@H](Cc1ccc(O)cc1)C(=O)N[C@@H](Cc1c[nH]c2ccccc12)C(=O)N[C@@H](CC(C)C)C(=O)N[C@@H](Cc1ccc(O)cc1)C(=O)NCC(=O)N[C@@H](CCCNC(=N)N)C(=O)N[C@@H](CS)C(=O)N[C@@H](CCCCN)C(N)=O)[C@@H](C)O. The second kappa shape index (κ2) is 56.6. The molecule has 0 aliphatic carbocycles. The zero-order valence-electron chi connectivity index (χ0n) is 76.5. The van der Waals surface area contributed by atoms with Gasteiger partial charge in [0.2, 0.25) is 100 Å². The number of carboxylic acids is 1. The standard InChI is InChI=1S/C89H125N23O22S3/c1-45(2)34-63(81(127)106-64(35-49-20-24-53(115)25-21-49)77(123)98-42-72(118)101-60(19-13-32-95-89(93)94)78(124)111-70(44-136)87(133)102-59(75(92)121)18-11-12-31-90)105-84(130)66(37-51-40-96-57-16-9-7-14-55(51)57)108-82(128)65(36-50-22-26-54(116)27-23-50)107-85(131)68(39-73(119)120)109-79(125)61(28-29-71(91)117)104-83(129)67(38-52-41-97-58-17-10-8-15-56(52)58)110-88(134)74(47(4)113)112-80(126)62(30-33-137-6)103-76(122)46(3)99-86(132)69(43-135)100-48(5)114/h7-10,14-17,20-27,40-41,45-47,59-70,74,96-97,113,115-116,135-136H,11-13,18-19,28-39,42-44,90H2,1-6H3,(H2,91,117)(H2,92,121)(H,98,123)(H,99,132)(H,100,114)(H,101,118)(H,102,133)(H,103,122)(H,104,129)(H,105,130)(H,106,127)(H,107,131)(H,108,128)(H,109,125)(H,110,134)(H,111,124)(H,112,126)(H,119,120)(H4,93,94,95)/t46-,47+,59-,60-,61-,62-,63-,64-,65-,66-,67-,68-,69-,70-,74-/m0/s1. The number of primary amides is 2. The number of nitrogens with two attached hydrogens (primary N) is 4. The van der Waals surface area contributed by atoms with Crippen LogP contribution in [0.3, 0.4) is 0 Å². The second-order valence-corrected chi connectivity index (χ2v) is 34.8. The number of aliphatic hydroxyl groups is 1. The van der Waals surface area contributed by atoms with Gasteiger partial charge in [-0.1, -0.05) is 74.5 Å². The molecule has 0 aliphatic heterocycles. The van der Waals surface area contributed by atoms with E-state index in [0.29, 0.717) is 57.9 Å². The molecule has 6 aromatic rings. The summed E-state index contributed by atoms with van der Waals surface area (Å²) in [5.41, 5.74) is 24.8. The second-order valence-electron chi connectivity index (χ2n) is 33.1. The number of aliphatic carboxylic acids is 1. The van der Waals surface area contributed by atoms with E-state index in [-0.39, 0.29) is 85.8 Å². The van der Waals surface area contributed by atoms with E-state index in [1.807, 2.05) is 0 Å². The van der Waals surface area contributed by atoms with Crippen molar-refractivity contribution in [3.63, 3.8) is 0 Å². The molecule has 0 spiro atoms. The lowest BCUT2D eigenvalue weighted by atomic mass is 9.99. The van der Waals surface area contributed by atoms with Gasteiger partial charge in [-0.3, -0.25) is 91.7 Å². The van der Waals surface area contributed by atoms with Crippen LogP contribution < -0.4 is 108 Å². The van der Waals surface area contributed by atoms with E-state index in [9.17, 15) is 82.8 Å². The van der Waals surface area contributed by atoms with Crippen molar-refractivity contribution in [1.29, 1.82) is 5.41 Å². The summed E-state index contributed by atoms with van der Waals surface area (Å²) in [7, 11) is 0. The van der Waals surface area contributed by atoms with Gasteiger partial charge in [0.1, 0.15) is 96.1 Å². The molecule has 2 heterocycles. The van der Waals surface area contributed by atoms with E-state index >= 15 is 24.0 Å². The first-order chi connectivity index (χ1) is 65.0. The lowest BCUT2D eigenvalue weighted by Gasteiger charge is -2.29. The maximum atomic E-state index is 15.4. The molecule has 137 heavy (non-hydrogen) atoms. The summed E-state index contributed by atoms with van der Waals surface area (Å²) < 4.78 is 0. The Bertz CT molecular complexity index is 5200. The number of phenolic OH excluding ortho intramolecular Hbond substituents is 2. The normalized spacial score (nSPS) is 14.4. The summed E-state index contributed by atoms with van der Waals surface area (Å²) in [5, 5.41) is 91.2. The number of hydrogen-bond acceptors (Lipinski definition) is 26. The van der Waals surface area contributed by atoms with E-state index in [1.54, 1.807) is 74.8 Å². The highest BCUT2D eigenvalue weighted by Crippen LogP contribution is 2.24. The smallest absolute Gasteiger partial charge is 0.305 e. The number of phenols is 2. The topological polar surface area (TPSA) is 740 Å². The molecule has 48 heteroatoms. The number of aromatic hydroxyl groups is 2. The Kier molecular flexibility index (Phi) is 46.2. The lowest BCUT2D eigenvalue weighted by molar-refractivity contribution is -0.141. The fourth-order valence-corrected chi connectivity index (χ4v) is 15.3. The molecule has 0 aliphatic rings. The number of fused-ring (bicyclic) bond motifs is 2. The first-order valence-corrected chi connectivity index (χ1v) is 46.8. The predicted molar refractivity (Wildman–Crippen MR) is 513 cm³/mol. The average Bonchev–Trinajstić information content (AvgIpc) is 1.71. The minimum atomic E-state index is -2.18. The van der Waals surface area contributed by atoms with Gasteiger partial charge in [0, 0.05) is 91.3 Å². The number of hydrogen-bond donors (Lipinski definition) is 29. The molecule has 45 nitrogen and oxygen atoms in total. The number of amides is 17. The Morgan fingerprint density at radius 2 is 0.847 bits per heavy atom. The van der Waals surface area contributed by atoms with Crippen molar-refractivity contribution >= 4 is 171 Å². The van der Waals surface area contributed by atoms with Gasteiger partial charge in [0.15, 0.2) is 5.96 Å². The number of thioether (sulfide) groups is 1. The number of carboxylic acid groups (broad SMARTS) is 1. The summed E-state index contributed by atoms with van der Waals surface area (Å²) in [6, 6.07) is 2.03. The zero-order chi connectivity index (χ0) is 101. The first kappa shape index (κ1) is 112. The van der Waals surface area contributed by atoms with Crippen molar-refractivity contribution in [2.75, 3.05) is 43.1 Å². The van der Waals surface area contributed by atoms with Crippen LogP contribution in [0.1, 0.15) is 121 Å². The molecule has 31 N–H and O–H groups in total. The highest BCUT2D eigenvalue weighted by molar-refractivity contribution is 7.98. The number of rotatable bonds is 59. The molecule has 6 rings (SSSR count). The van der Waals surface area contributed by atoms with Gasteiger partial charge in [-0.25, -0.2) is 0 Å². The van der Waals surface area contributed by atoms with Gasteiger partial charge in [-0.15, -0.1) is 0 Å². The Hall–Kier alpha value is -13.7. The molecule has 0 unspecified atom stereocenters. The highest BCUT2D eigenvalue weighted by atomic mass is 32.2. The van der Waals surface area contributed by atoms with Crippen LogP contribution in [-0.2, 0) is 112 Å². The van der Waals surface area contributed by atoms with Crippen LogP contribution >= 0.6 is 37.0 Å². The van der Waals surface area contributed by atoms with Crippen LogP contribution in [0, 0.1) is 11.3 Å². The van der Waals surface area contributed by atoms with Crippen LogP contribution in [0.5, 0.6) is 11.5 Å². The molecule has 0 bridgehead atoms. The minimum Gasteiger partial charge on any atom is -0.508 e. The van der Waals surface area contributed by atoms with Crippen LogP contribution in [-0.4, -0.2) is 277 Å². The van der Waals surface area contributed by atoms with Crippen molar-refractivity contribution in [2.24, 2.45) is 28.9 Å². The summed E-state index contributed by atoms with van der Waals surface area (Å²) >= 11 is 9.62. The first-order valence-electron chi connectivity index (χ1n) is 44.1. The summed E-state index contributed by atoms with van der Waals surface area (Å²) in [6.45, 7) is 6.54. The molecule has 0 radical (unpaired) electrons. The van der Waals surface area contributed by atoms with Gasteiger partial charge in [0.05, 0.1) is 19.1 Å². The van der Waals surface area contributed by atoms with E-state index in [2.05, 4.69) is 120 Å². The van der Waals surface area contributed by atoms with E-state index in [4.69, 9.17) is 28.3 Å². The number of thiol groups is 2. The molecule has 746 valence electrons. The maximum absolute atomic E-state index is 15.4. The van der Waals surface area contributed by atoms with Gasteiger partial charge >= 0.3 is 5.97 Å². The third-order valence-corrected chi connectivity index (χ3v) is 22.9. The molecule has 2 aromatic heterocycles. The number of H-pyrrole nitrogens is 2. The Morgan fingerprint density at radius 3 is 1.33 bits per heavy atom. The van der Waals surface area contributed by atoms with Gasteiger partial charge in [0.25, 0.3) is 0 Å². The van der Waals surface area contributed by atoms with E-state index < -0.39 is 248 Å². The average molecular weight is 1970 g/mol. The summed E-state index contributed by atoms with van der Waals surface area (Å²) in [6.07, 6.45) is -0.275. The van der Waals surface area contributed by atoms with Crippen molar-refractivity contribution in [2.45, 2.75) is 215 Å². The lowest BCUT2D eigenvalue weighted by Crippen LogP contribution is -2.62. The number of aromatic nitrogens is 2. The van der Waals surface area contributed by atoms with E-state index in [1.165, 1.54) is 80.3 Å². The number of unbranched alkanes of at least 4 members (excludes halogenated alkanes) is 1. The minimum absolute atomic E-state index is 0.0481. The fourth-order valence-electron chi connectivity index (χ4n) is 14.3. The number of benzene rings is 4. The zero-order valence-corrected chi connectivity index (χ0v) is 79.1. The largest absolute Gasteiger partial charge is 0.508 e. The molecule has 0 fully saturated rings. The van der Waals surface area contributed by atoms with Crippen molar-refractivity contribution in [3.8, 4) is 11.5 Å². The molecular weight excluding hydrogens is 1840 g/mol. The molecule has 4 aromatic carbocycles. The Morgan fingerprint density at radius 1 is 0.438 bits per heavy atom. The molecule has 17 amide bonds. The molecule has 0 saturated carbocycles. The monoisotopic (exact) mass is 1960 g/mol. The number of aromatic amines is 2. The van der Waals surface area contributed by atoms with Crippen LogP contribution in [0.4, 0.5) is 0 Å². The number of guanidine groups is 1. The summed E-state index contributed by atoms with van der Waals surface area (Å²) in [5.74, 6) is -20.1. The van der Waals surface area contributed by atoms with Crippen LogP contribution in [0.25, 0.3) is 21.8 Å². The molecular formula is C89H125N23O22S3. The fraction of sp³-hybridized carbons (Fsp3) is 0.472. The van der Waals surface area contributed by atoms with Crippen molar-refractivity contribution < 1.29 is 107 Å². The number of carbonyl (C=O) groups is 18. The Labute approximate surface area is 804 Å². The number of carbonyl (C=O) groups excluding carboxylic acids is 17. The van der Waals surface area contributed by atoms with Gasteiger partial charge < -0.3 is 138 Å². The predicted octanol–water partition coefficient (Wildman–Crippen LogP) is -4.07. The van der Waals surface area contributed by atoms with Gasteiger partial charge in [-0.2, -0.15) is 37.0 Å². The third-order valence-electron chi connectivity index (χ3n) is 21.6. The van der Waals surface area contributed by atoms with Crippen molar-refractivity contribution in [1.82, 2.24) is 95.0 Å². The third kappa shape index (κ3) is 37.8. The molecule has 0 saturated heterocycles. The maximum Gasteiger partial charge on any atom is 0.305 e. The van der Waals surface area contributed by atoms with Crippen LogP contribution in [0.2, 0.25) is 0 Å². The molecule has 15 atom stereocenters. The highest BCUT2D eigenvalue weighted by Gasteiger charge is 2.40.